The van der Waals surface area contributed by atoms with Crippen LogP contribution in [0.4, 0.5) is 0 Å². The minimum atomic E-state index is -0.00724. The van der Waals surface area contributed by atoms with Crippen LogP contribution in [0.15, 0.2) is 36.4 Å². The Hall–Kier alpha value is -1.60. The van der Waals surface area contributed by atoms with Gasteiger partial charge in [-0.15, -0.1) is 0 Å². The number of benzene rings is 2. The second kappa shape index (κ2) is 4.95. The second-order valence-corrected chi connectivity index (χ2v) is 4.98. The molecule has 1 nitrogen and oxygen atoms in total. The number of hydrogen-bond acceptors (Lipinski definition) is 1. The molecular formula is C16H15ClO. The zero-order valence-electron chi connectivity index (χ0n) is 10.8. The van der Waals surface area contributed by atoms with Crippen LogP contribution in [0.3, 0.4) is 0 Å². The number of ketones is 1. The zero-order chi connectivity index (χ0) is 13.3. The quantitative estimate of drug-likeness (QED) is 0.706. The molecule has 2 aromatic carbocycles. The van der Waals surface area contributed by atoms with Gasteiger partial charge in [-0.2, -0.15) is 0 Å². The van der Waals surface area contributed by atoms with Crippen LogP contribution in [-0.4, -0.2) is 5.78 Å². The SMILES string of the molecule is CC(=O)c1ccc(-c2ccc(C)cc2C)cc1Cl. The molecule has 0 unspecified atom stereocenters. The molecule has 0 saturated heterocycles. The van der Waals surface area contributed by atoms with Gasteiger partial charge in [-0.1, -0.05) is 41.4 Å². The Morgan fingerprint density at radius 1 is 1.06 bits per heavy atom. The molecule has 0 N–H and O–H groups in total. The Balaban J connectivity index is 2.52. The minimum Gasteiger partial charge on any atom is -0.294 e. The van der Waals surface area contributed by atoms with Gasteiger partial charge in [0.05, 0.1) is 5.02 Å². The molecule has 0 aliphatic carbocycles. The van der Waals surface area contributed by atoms with Gasteiger partial charge in [0.25, 0.3) is 0 Å². The lowest BCUT2D eigenvalue weighted by atomic mass is 9.97. The highest BCUT2D eigenvalue weighted by Gasteiger charge is 2.08. The van der Waals surface area contributed by atoms with Gasteiger partial charge < -0.3 is 0 Å². The summed E-state index contributed by atoms with van der Waals surface area (Å²) in [4.78, 5) is 11.3. The van der Waals surface area contributed by atoms with Crippen molar-refractivity contribution >= 4 is 17.4 Å². The third kappa shape index (κ3) is 2.46. The molecule has 0 spiro atoms. The van der Waals surface area contributed by atoms with Gasteiger partial charge in [-0.3, -0.25) is 4.79 Å². The molecule has 0 aliphatic heterocycles. The first kappa shape index (κ1) is 12.8. The van der Waals surface area contributed by atoms with E-state index in [-0.39, 0.29) is 5.78 Å². The Bertz CT molecular complexity index is 614. The summed E-state index contributed by atoms with van der Waals surface area (Å²) in [7, 11) is 0. The predicted molar refractivity (Wildman–Crippen MR) is 76.4 cm³/mol. The van der Waals surface area contributed by atoms with Gasteiger partial charge >= 0.3 is 0 Å². The molecule has 0 amide bonds. The maximum Gasteiger partial charge on any atom is 0.161 e. The van der Waals surface area contributed by atoms with Crippen molar-refractivity contribution in [1.29, 1.82) is 0 Å². The average molecular weight is 259 g/mol. The molecule has 0 saturated carbocycles. The Kier molecular flexibility index (Phi) is 3.53. The summed E-state index contributed by atoms with van der Waals surface area (Å²) in [5.74, 6) is -0.00724. The van der Waals surface area contributed by atoms with E-state index in [1.165, 1.54) is 18.1 Å². The van der Waals surface area contributed by atoms with E-state index in [1.54, 1.807) is 6.07 Å². The normalized spacial score (nSPS) is 10.4. The summed E-state index contributed by atoms with van der Waals surface area (Å²) in [5.41, 5.74) is 5.22. The van der Waals surface area contributed by atoms with E-state index in [2.05, 4.69) is 32.0 Å². The van der Waals surface area contributed by atoms with E-state index in [4.69, 9.17) is 11.6 Å². The third-order valence-corrected chi connectivity index (χ3v) is 3.35. The lowest BCUT2D eigenvalue weighted by molar-refractivity contribution is 0.101. The molecular weight excluding hydrogens is 244 g/mol. The Labute approximate surface area is 112 Å². The molecule has 0 aliphatic rings. The van der Waals surface area contributed by atoms with E-state index in [1.807, 2.05) is 12.1 Å². The fourth-order valence-electron chi connectivity index (χ4n) is 2.11. The molecule has 0 atom stereocenters. The van der Waals surface area contributed by atoms with E-state index in [0.717, 1.165) is 11.1 Å². The number of hydrogen-bond donors (Lipinski definition) is 0. The summed E-state index contributed by atoms with van der Waals surface area (Å²) in [5, 5.41) is 0.514. The van der Waals surface area contributed by atoms with E-state index < -0.39 is 0 Å². The van der Waals surface area contributed by atoms with Crippen LogP contribution in [0.1, 0.15) is 28.4 Å². The number of rotatable bonds is 2. The first-order valence-electron chi connectivity index (χ1n) is 5.87. The number of aryl methyl sites for hydroxylation is 2. The maximum absolute atomic E-state index is 11.3. The van der Waals surface area contributed by atoms with Crippen LogP contribution in [0, 0.1) is 13.8 Å². The molecule has 2 rings (SSSR count). The first-order chi connectivity index (χ1) is 8.49. The third-order valence-electron chi connectivity index (χ3n) is 3.04. The molecule has 0 bridgehead atoms. The molecule has 0 heterocycles. The van der Waals surface area contributed by atoms with Crippen molar-refractivity contribution in [2.45, 2.75) is 20.8 Å². The van der Waals surface area contributed by atoms with Crippen molar-refractivity contribution in [3.05, 3.63) is 58.1 Å². The van der Waals surface area contributed by atoms with Crippen molar-refractivity contribution in [2.24, 2.45) is 0 Å². The summed E-state index contributed by atoms with van der Waals surface area (Å²) in [6.07, 6.45) is 0. The molecule has 2 aromatic rings. The highest BCUT2D eigenvalue weighted by Crippen LogP contribution is 2.28. The smallest absolute Gasteiger partial charge is 0.161 e. The van der Waals surface area contributed by atoms with Gasteiger partial charge in [0, 0.05) is 5.56 Å². The number of halogens is 1. The lowest BCUT2D eigenvalue weighted by Gasteiger charge is -2.09. The molecule has 0 aromatic heterocycles. The lowest BCUT2D eigenvalue weighted by Crippen LogP contribution is -1.94. The largest absolute Gasteiger partial charge is 0.294 e. The predicted octanol–water partition coefficient (Wildman–Crippen LogP) is 4.83. The summed E-state index contributed by atoms with van der Waals surface area (Å²) in [6.45, 7) is 5.68. The fraction of sp³-hybridized carbons (Fsp3) is 0.188. The number of Topliss-reactive ketones (excluding diaryl/α,β-unsaturated/α-hetero) is 1. The van der Waals surface area contributed by atoms with Crippen molar-refractivity contribution in [3.8, 4) is 11.1 Å². The molecule has 0 fully saturated rings. The van der Waals surface area contributed by atoms with Crippen molar-refractivity contribution in [3.63, 3.8) is 0 Å². The van der Waals surface area contributed by atoms with Crippen LogP contribution in [0.2, 0.25) is 5.02 Å². The highest BCUT2D eigenvalue weighted by atomic mass is 35.5. The fourth-order valence-corrected chi connectivity index (χ4v) is 2.42. The monoisotopic (exact) mass is 258 g/mol. The van der Waals surface area contributed by atoms with Crippen LogP contribution in [-0.2, 0) is 0 Å². The number of carbonyl (C=O) groups is 1. The van der Waals surface area contributed by atoms with Crippen molar-refractivity contribution in [1.82, 2.24) is 0 Å². The van der Waals surface area contributed by atoms with Gasteiger partial charge in [0.1, 0.15) is 0 Å². The van der Waals surface area contributed by atoms with Gasteiger partial charge in [0.2, 0.25) is 0 Å². The molecule has 2 heteroatoms. The Morgan fingerprint density at radius 2 is 1.78 bits per heavy atom. The maximum atomic E-state index is 11.3. The van der Waals surface area contributed by atoms with Crippen LogP contribution in [0.5, 0.6) is 0 Å². The number of carbonyl (C=O) groups excluding carboxylic acids is 1. The van der Waals surface area contributed by atoms with Gasteiger partial charge in [-0.25, -0.2) is 0 Å². The summed E-state index contributed by atoms with van der Waals surface area (Å²) >= 11 is 6.14. The van der Waals surface area contributed by atoms with Crippen LogP contribution >= 0.6 is 11.6 Å². The average Bonchev–Trinajstić information content (AvgIpc) is 2.28. The highest BCUT2D eigenvalue weighted by molar-refractivity contribution is 6.34. The van der Waals surface area contributed by atoms with E-state index in [0.29, 0.717) is 10.6 Å². The van der Waals surface area contributed by atoms with E-state index in [9.17, 15) is 4.79 Å². The Morgan fingerprint density at radius 3 is 2.33 bits per heavy atom. The van der Waals surface area contributed by atoms with Crippen molar-refractivity contribution < 1.29 is 4.79 Å². The molecule has 0 radical (unpaired) electrons. The second-order valence-electron chi connectivity index (χ2n) is 4.57. The zero-order valence-corrected chi connectivity index (χ0v) is 11.5. The topological polar surface area (TPSA) is 17.1 Å². The van der Waals surface area contributed by atoms with Crippen LogP contribution < -0.4 is 0 Å². The van der Waals surface area contributed by atoms with Gasteiger partial charge in [-0.05, 0) is 49.6 Å². The standard InChI is InChI=1S/C16H15ClO/c1-10-4-6-14(11(2)8-10)13-5-7-15(12(3)18)16(17)9-13/h4-9H,1-3H3. The van der Waals surface area contributed by atoms with Gasteiger partial charge in [0.15, 0.2) is 5.78 Å². The first-order valence-corrected chi connectivity index (χ1v) is 6.25. The summed E-state index contributed by atoms with van der Waals surface area (Å²) < 4.78 is 0. The summed E-state index contributed by atoms with van der Waals surface area (Å²) in [6, 6.07) is 11.9. The molecule has 92 valence electrons. The van der Waals surface area contributed by atoms with E-state index >= 15 is 0 Å². The molecule has 18 heavy (non-hydrogen) atoms. The minimum absolute atomic E-state index is 0.00724. The van der Waals surface area contributed by atoms with Crippen LogP contribution in [0.25, 0.3) is 11.1 Å². The van der Waals surface area contributed by atoms with Crippen molar-refractivity contribution in [2.75, 3.05) is 0 Å².